The molecule has 0 saturated heterocycles. The molecule has 0 aliphatic heterocycles. The summed E-state index contributed by atoms with van der Waals surface area (Å²) in [6, 6.07) is 11.1. The van der Waals surface area contributed by atoms with Gasteiger partial charge in [0.1, 0.15) is 0 Å². The van der Waals surface area contributed by atoms with Crippen LogP contribution in [0, 0.1) is 0 Å². The third kappa shape index (κ3) is 3.02. The van der Waals surface area contributed by atoms with Crippen LogP contribution in [0.4, 0.5) is 0 Å². The Morgan fingerprint density at radius 1 is 1.06 bits per heavy atom. The minimum absolute atomic E-state index is 0.231. The lowest BCUT2D eigenvalue weighted by Gasteiger charge is -2.18. The molecular weight excluding hydrogens is 222 g/mol. The molecule has 2 heteroatoms. The zero-order valence-electron chi connectivity index (χ0n) is 11.1. The second-order valence-electron chi connectivity index (χ2n) is 4.54. The summed E-state index contributed by atoms with van der Waals surface area (Å²) in [5.74, 6) is 0. The van der Waals surface area contributed by atoms with E-state index in [1.165, 1.54) is 16.7 Å². The van der Waals surface area contributed by atoms with Gasteiger partial charge in [0.15, 0.2) is 0 Å². The van der Waals surface area contributed by atoms with Gasteiger partial charge in [-0.3, -0.25) is 0 Å². The average molecular weight is 243 g/mol. The second-order valence-corrected chi connectivity index (χ2v) is 4.54. The average Bonchev–Trinajstić information content (AvgIpc) is 2.94. The molecule has 2 rings (SSSR count). The second kappa shape index (κ2) is 6.41. The summed E-state index contributed by atoms with van der Waals surface area (Å²) in [5, 5.41) is 3.57. The number of hydrogen-bond acceptors (Lipinski definition) is 2. The van der Waals surface area contributed by atoms with Crippen LogP contribution in [-0.4, -0.2) is 6.54 Å². The van der Waals surface area contributed by atoms with Crippen molar-refractivity contribution in [2.45, 2.75) is 32.7 Å². The molecule has 2 aromatic rings. The van der Waals surface area contributed by atoms with Gasteiger partial charge < -0.3 is 9.73 Å². The van der Waals surface area contributed by atoms with Crippen molar-refractivity contribution in [1.29, 1.82) is 0 Å². The number of furan rings is 1. The molecule has 18 heavy (non-hydrogen) atoms. The molecule has 0 fully saturated rings. The van der Waals surface area contributed by atoms with Gasteiger partial charge in [-0.15, -0.1) is 0 Å². The van der Waals surface area contributed by atoms with Crippen LogP contribution in [0.25, 0.3) is 0 Å². The third-order valence-electron chi connectivity index (χ3n) is 3.20. The first-order chi connectivity index (χ1) is 8.85. The molecule has 96 valence electrons. The van der Waals surface area contributed by atoms with Gasteiger partial charge in [0, 0.05) is 5.56 Å². The lowest BCUT2D eigenvalue weighted by atomic mass is 9.99. The highest BCUT2D eigenvalue weighted by molar-refractivity contribution is 5.31. The first-order valence-electron chi connectivity index (χ1n) is 6.69. The minimum atomic E-state index is 0.231. The van der Waals surface area contributed by atoms with E-state index in [9.17, 15) is 0 Å². The van der Waals surface area contributed by atoms with E-state index in [1.54, 1.807) is 6.26 Å². The van der Waals surface area contributed by atoms with Gasteiger partial charge in [-0.2, -0.15) is 0 Å². The first-order valence-corrected chi connectivity index (χ1v) is 6.69. The summed E-state index contributed by atoms with van der Waals surface area (Å²) >= 11 is 0. The molecule has 1 aromatic carbocycles. The fourth-order valence-corrected chi connectivity index (χ4v) is 2.10. The Labute approximate surface area is 109 Å². The Morgan fingerprint density at radius 2 is 1.83 bits per heavy atom. The van der Waals surface area contributed by atoms with Crippen molar-refractivity contribution < 1.29 is 4.42 Å². The van der Waals surface area contributed by atoms with Crippen LogP contribution in [0.3, 0.4) is 0 Å². The smallest absolute Gasteiger partial charge is 0.0953 e. The molecule has 0 amide bonds. The van der Waals surface area contributed by atoms with Gasteiger partial charge in [0.05, 0.1) is 18.6 Å². The minimum Gasteiger partial charge on any atom is -0.472 e. The van der Waals surface area contributed by atoms with Crippen molar-refractivity contribution in [3.05, 3.63) is 59.5 Å². The maximum Gasteiger partial charge on any atom is 0.0953 e. The van der Waals surface area contributed by atoms with Crippen molar-refractivity contribution in [3.8, 4) is 0 Å². The van der Waals surface area contributed by atoms with E-state index in [-0.39, 0.29) is 6.04 Å². The van der Waals surface area contributed by atoms with Crippen LogP contribution in [0.5, 0.6) is 0 Å². The fraction of sp³-hybridized carbons (Fsp3) is 0.375. The molecule has 1 heterocycles. The molecule has 1 aromatic heterocycles. The Kier molecular flexibility index (Phi) is 4.59. The van der Waals surface area contributed by atoms with Crippen LogP contribution in [-0.2, 0) is 6.42 Å². The number of benzene rings is 1. The molecule has 0 radical (unpaired) electrons. The molecule has 1 unspecified atom stereocenters. The lowest BCUT2D eigenvalue weighted by molar-refractivity contribution is 0.548. The zero-order valence-corrected chi connectivity index (χ0v) is 11.1. The van der Waals surface area contributed by atoms with Crippen LogP contribution < -0.4 is 5.32 Å². The van der Waals surface area contributed by atoms with Gasteiger partial charge in [-0.25, -0.2) is 0 Å². The van der Waals surface area contributed by atoms with Crippen LogP contribution in [0.15, 0.2) is 47.3 Å². The van der Waals surface area contributed by atoms with E-state index in [1.807, 2.05) is 12.3 Å². The first kappa shape index (κ1) is 12.9. The maximum atomic E-state index is 5.20. The topological polar surface area (TPSA) is 25.2 Å². The number of rotatable bonds is 6. The Balaban J connectivity index is 2.21. The van der Waals surface area contributed by atoms with Gasteiger partial charge in [0.2, 0.25) is 0 Å². The van der Waals surface area contributed by atoms with Gasteiger partial charge in [0.25, 0.3) is 0 Å². The largest absolute Gasteiger partial charge is 0.472 e. The summed E-state index contributed by atoms with van der Waals surface area (Å²) in [6.45, 7) is 5.36. The molecule has 0 bridgehead atoms. The number of aryl methyl sites for hydroxylation is 1. The van der Waals surface area contributed by atoms with E-state index in [4.69, 9.17) is 4.42 Å². The lowest BCUT2D eigenvalue weighted by Crippen LogP contribution is -2.22. The molecule has 0 aliphatic carbocycles. The summed E-state index contributed by atoms with van der Waals surface area (Å²) < 4.78 is 5.20. The molecule has 0 spiro atoms. The predicted molar refractivity (Wildman–Crippen MR) is 74.7 cm³/mol. The number of nitrogens with one attached hydrogen (secondary N) is 1. The summed E-state index contributed by atoms with van der Waals surface area (Å²) in [6.07, 6.45) is 5.76. The molecule has 2 nitrogen and oxygen atoms in total. The van der Waals surface area contributed by atoms with Gasteiger partial charge in [-0.1, -0.05) is 38.1 Å². The van der Waals surface area contributed by atoms with E-state index >= 15 is 0 Å². The van der Waals surface area contributed by atoms with E-state index in [2.05, 4.69) is 43.4 Å². The highest BCUT2D eigenvalue weighted by atomic mass is 16.3. The van der Waals surface area contributed by atoms with Gasteiger partial charge in [-0.05, 0) is 36.6 Å². The van der Waals surface area contributed by atoms with E-state index in [0.717, 1.165) is 19.4 Å². The van der Waals surface area contributed by atoms with Crippen molar-refractivity contribution in [1.82, 2.24) is 5.32 Å². The van der Waals surface area contributed by atoms with Crippen LogP contribution in [0.2, 0.25) is 0 Å². The Hall–Kier alpha value is -1.54. The third-order valence-corrected chi connectivity index (χ3v) is 3.20. The monoisotopic (exact) mass is 243 g/mol. The SMILES string of the molecule is CCCNC(c1ccc(CC)cc1)c1ccoc1. The quantitative estimate of drug-likeness (QED) is 0.831. The van der Waals surface area contributed by atoms with E-state index < -0.39 is 0 Å². The van der Waals surface area contributed by atoms with Crippen LogP contribution in [0.1, 0.15) is 43.0 Å². The maximum absolute atomic E-state index is 5.20. The fourth-order valence-electron chi connectivity index (χ4n) is 2.10. The molecule has 0 aliphatic rings. The summed E-state index contributed by atoms with van der Waals surface area (Å²) in [7, 11) is 0. The van der Waals surface area contributed by atoms with Crippen LogP contribution >= 0.6 is 0 Å². The predicted octanol–water partition coefficient (Wildman–Crippen LogP) is 3.93. The van der Waals surface area contributed by atoms with E-state index in [0.29, 0.717) is 0 Å². The molecular formula is C16H21NO. The molecule has 0 saturated carbocycles. The normalized spacial score (nSPS) is 12.6. The van der Waals surface area contributed by atoms with Crippen molar-refractivity contribution >= 4 is 0 Å². The zero-order chi connectivity index (χ0) is 12.8. The Bertz CT molecular complexity index is 444. The van der Waals surface area contributed by atoms with Crippen molar-refractivity contribution in [3.63, 3.8) is 0 Å². The molecule has 1 atom stereocenters. The molecule has 1 N–H and O–H groups in total. The summed E-state index contributed by atoms with van der Waals surface area (Å²) in [4.78, 5) is 0. The number of hydrogen-bond donors (Lipinski definition) is 1. The highest BCUT2D eigenvalue weighted by Gasteiger charge is 2.13. The van der Waals surface area contributed by atoms with Crippen molar-refractivity contribution in [2.24, 2.45) is 0 Å². The standard InChI is InChI=1S/C16H21NO/c1-3-10-17-16(15-9-11-18-12-15)14-7-5-13(4-2)6-8-14/h5-9,11-12,16-17H,3-4,10H2,1-2H3. The highest BCUT2D eigenvalue weighted by Crippen LogP contribution is 2.23. The summed E-state index contributed by atoms with van der Waals surface area (Å²) in [5.41, 5.74) is 3.86. The Morgan fingerprint density at radius 3 is 2.39 bits per heavy atom. The van der Waals surface area contributed by atoms with Crippen molar-refractivity contribution in [2.75, 3.05) is 6.54 Å². The van der Waals surface area contributed by atoms with Gasteiger partial charge >= 0.3 is 0 Å².